The van der Waals surface area contributed by atoms with E-state index in [1.807, 2.05) is 0 Å². The molecule has 1 aliphatic heterocycles. The van der Waals surface area contributed by atoms with Crippen LogP contribution >= 0.6 is 0 Å². The molecule has 0 aliphatic carbocycles. The summed E-state index contributed by atoms with van der Waals surface area (Å²) < 4.78 is 3.72. The summed E-state index contributed by atoms with van der Waals surface area (Å²) in [5.41, 5.74) is 0. The molecule has 0 aromatic rings. The van der Waals surface area contributed by atoms with Gasteiger partial charge in [-0.05, 0) is 0 Å². The molecule has 1 atom stereocenters. The Morgan fingerprint density at radius 1 is 1.43 bits per heavy atom. The standard InChI is InChI=1S/C5H6.Sb.Se.H/c1-3-5-4-2;;;/h1,3-5H,2H2;;;. The van der Waals surface area contributed by atoms with Crippen LogP contribution in [-0.2, 0) is 0 Å². The van der Waals surface area contributed by atoms with Crippen molar-refractivity contribution in [3.05, 3.63) is 22.3 Å². The molecule has 0 aromatic heterocycles. The molecule has 0 nitrogen and oxygen atoms in total. The molecular formula is C5H7SbSe. The van der Waals surface area contributed by atoms with Gasteiger partial charge in [-0.3, -0.25) is 0 Å². The summed E-state index contributed by atoms with van der Waals surface area (Å²) in [7, 11) is 0. The van der Waals surface area contributed by atoms with Gasteiger partial charge in [-0.25, -0.2) is 0 Å². The Bertz CT molecular complexity index is 135. The van der Waals surface area contributed by atoms with Crippen LogP contribution in [0.5, 0.6) is 0 Å². The first kappa shape index (κ1) is 5.95. The molecule has 0 fully saturated rings. The van der Waals surface area contributed by atoms with Crippen molar-refractivity contribution in [2.75, 3.05) is 0 Å². The Kier molecular flexibility index (Phi) is 2.52. The minimum absolute atomic E-state index is 0.957. The van der Waals surface area contributed by atoms with Crippen molar-refractivity contribution < 1.29 is 0 Å². The second-order valence-corrected chi connectivity index (χ2v) is 13.6. The van der Waals surface area contributed by atoms with Crippen LogP contribution in [0.3, 0.4) is 0 Å². The molecule has 1 unspecified atom stereocenters. The Hall–Kier alpha value is 0.818. The van der Waals surface area contributed by atoms with Crippen molar-refractivity contribution in [3.63, 3.8) is 0 Å². The molecule has 0 radical (unpaired) electrons. The first-order valence-electron chi connectivity index (χ1n) is 2.25. The average Bonchev–Trinajstić information content (AvgIpc) is 1.69. The first-order chi connectivity index (χ1) is 3.39. The van der Waals surface area contributed by atoms with Gasteiger partial charge in [0.25, 0.3) is 0 Å². The van der Waals surface area contributed by atoms with E-state index in [0.717, 1.165) is 0 Å². The second kappa shape index (κ2) is 2.97. The molecule has 2 heteroatoms. The molecule has 38 valence electrons. The summed E-state index contributed by atoms with van der Waals surface area (Å²) in [5.74, 6) is 0. The third-order valence-corrected chi connectivity index (χ3v) is 8.54. The van der Waals surface area contributed by atoms with Gasteiger partial charge in [0, 0.05) is 0 Å². The third-order valence-electron chi connectivity index (χ3n) is 0.848. The zero-order valence-corrected chi connectivity index (χ0v) is 8.49. The predicted octanol–water partition coefficient (Wildman–Crippen LogP) is 0.544. The van der Waals surface area contributed by atoms with Crippen molar-refractivity contribution >= 4 is 29.4 Å². The maximum atomic E-state index is 3.24. The molecule has 7 heavy (non-hydrogen) atoms. The van der Waals surface area contributed by atoms with Gasteiger partial charge in [-0.1, -0.05) is 0 Å². The van der Waals surface area contributed by atoms with E-state index in [0.29, 0.717) is 0 Å². The normalized spacial score (nSPS) is 28.3. The van der Waals surface area contributed by atoms with E-state index in [2.05, 4.69) is 34.3 Å². The summed E-state index contributed by atoms with van der Waals surface area (Å²) in [6.07, 6.45) is 6.54. The number of rotatable bonds is 0. The third kappa shape index (κ3) is 2.04. The zero-order valence-electron chi connectivity index (χ0n) is 3.92. The summed E-state index contributed by atoms with van der Waals surface area (Å²) in [6.45, 7) is 0. The summed E-state index contributed by atoms with van der Waals surface area (Å²) >= 11 is 2.28. The number of hydrogen-bond acceptors (Lipinski definition) is 0. The second-order valence-electron chi connectivity index (χ2n) is 1.46. The van der Waals surface area contributed by atoms with Gasteiger partial charge in [0.05, 0.1) is 0 Å². The fraction of sp³-hybridized carbons (Fsp3) is 0.200. The van der Waals surface area contributed by atoms with E-state index in [9.17, 15) is 0 Å². The van der Waals surface area contributed by atoms with Crippen LogP contribution in [0.1, 0.15) is 0 Å². The zero-order chi connectivity index (χ0) is 5.11. The van der Waals surface area contributed by atoms with Crippen molar-refractivity contribution in [2.45, 2.75) is 4.37 Å². The topological polar surface area (TPSA) is 0 Å². The molecule has 1 aliphatic rings. The fourth-order valence-corrected chi connectivity index (χ4v) is 5.32. The van der Waals surface area contributed by atoms with E-state index in [1.54, 1.807) is 0 Å². The van der Waals surface area contributed by atoms with Crippen LogP contribution in [0.25, 0.3) is 0 Å². The van der Waals surface area contributed by atoms with Gasteiger partial charge in [0.2, 0.25) is 0 Å². The Morgan fingerprint density at radius 3 is 2.57 bits per heavy atom. The van der Waals surface area contributed by atoms with Crippen molar-refractivity contribution in [1.82, 2.24) is 0 Å². The van der Waals surface area contributed by atoms with Gasteiger partial charge in [0.1, 0.15) is 0 Å². The minimum atomic E-state index is -0.957. The van der Waals surface area contributed by atoms with Gasteiger partial charge >= 0.3 is 56.1 Å². The van der Waals surface area contributed by atoms with Crippen LogP contribution in [0.2, 0.25) is 4.37 Å². The molecule has 1 rings (SSSR count). The SMILES string of the molecule is [Se]=[SbH]1[CH]=CC=C[CH2]1. The van der Waals surface area contributed by atoms with E-state index in [-0.39, 0.29) is 0 Å². The first-order valence-corrected chi connectivity index (χ1v) is 12.8. The molecule has 0 N–H and O–H groups in total. The fourth-order valence-electron chi connectivity index (χ4n) is 0.494. The van der Waals surface area contributed by atoms with E-state index in [4.69, 9.17) is 0 Å². The Morgan fingerprint density at radius 2 is 2.29 bits per heavy atom. The van der Waals surface area contributed by atoms with Crippen LogP contribution < -0.4 is 0 Å². The van der Waals surface area contributed by atoms with Crippen LogP contribution in [0.15, 0.2) is 22.3 Å². The van der Waals surface area contributed by atoms with E-state index >= 15 is 0 Å². The Balaban J connectivity index is 2.66. The molecule has 0 saturated heterocycles. The molecule has 0 aromatic carbocycles. The molecule has 0 bridgehead atoms. The molecular weight excluding hydrogens is 261 g/mol. The van der Waals surface area contributed by atoms with Gasteiger partial charge < -0.3 is 0 Å². The van der Waals surface area contributed by atoms with E-state index < -0.39 is 17.3 Å². The monoisotopic (exact) mass is 268 g/mol. The summed E-state index contributed by atoms with van der Waals surface area (Å²) in [4.78, 5) is 0. The number of allylic oxidation sites excluding steroid dienone is 3. The van der Waals surface area contributed by atoms with Crippen LogP contribution in [0.4, 0.5) is 0 Å². The van der Waals surface area contributed by atoms with E-state index in [1.165, 1.54) is 4.37 Å². The van der Waals surface area contributed by atoms with Gasteiger partial charge in [0.15, 0.2) is 0 Å². The number of hydrogen-bond donors (Lipinski definition) is 0. The summed E-state index contributed by atoms with van der Waals surface area (Å²) in [5, 5.41) is 0. The molecule has 0 spiro atoms. The maximum absolute atomic E-state index is 3.24. The van der Waals surface area contributed by atoms with Crippen molar-refractivity contribution in [3.8, 4) is 0 Å². The van der Waals surface area contributed by atoms with Crippen molar-refractivity contribution in [1.29, 1.82) is 0 Å². The predicted molar refractivity (Wildman–Crippen MR) is 36.0 cm³/mol. The molecule has 0 saturated carbocycles. The van der Waals surface area contributed by atoms with Gasteiger partial charge in [-0.15, -0.1) is 0 Å². The van der Waals surface area contributed by atoms with Crippen molar-refractivity contribution in [2.24, 2.45) is 0 Å². The van der Waals surface area contributed by atoms with Gasteiger partial charge in [-0.2, -0.15) is 0 Å². The molecule has 1 heterocycles. The quantitative estimate of drug-likeness (QED) is 0.562. The molecule has 0 amide bonds. The summed E-state index contributed by atoms with van der Waals surface area (Å²) in [6, 6.07) is 0. The Labute approximate surface area is 55.8 Å². The average molecular weight is 268 g/mol. The van der Waals surface area contributed by atoms with Crippen LogP contribution in [0, 0.1) is 0 Å². The van der Waals surface area contributed by atoms with Crippen LogP contribution in [-0.4, -0.2) is 29.4 Å².